The molecule has 8 heteroatoms. The summed E-state index contributed by atoms with van der Waals surface area (Å²) >= 11 is 0. The number of carbonyl (C=O) groups excluding carboxylic acids is 2. The molecule has 1 N–H and O–H groups in total. The first-order chi connectivity index (χ1) is 19.0. The van der Waals surface area contributed by atoms with Crippen molar-refractivity contribution in [2.45, 2.75) is 77.9 Å². The van der Waals surface area contributed by atoms with Crippen LogP contribution < -0.4 is 9.62 Å². The molecule has 2 amide bonds. The maximum Gasteiger partial charge on any atom is 0.264 e. The number of carbonyl (C=O) groups is 2. The van der Waals surface area contributed by atoms with Crippen molar-refractivity contribution in [2.24, 2.45) is 0 Å². The second kappa shape index (κ2) is 13.6. The highest BCUT2D eigenvalue weighted by atomic mass is 32.2. The van der Waals surface area contributed by atoms with Crippen LogP contribution in [0.25, 0.3) is 0 Å². The molecule has 3 rings (SSSR count). The minimum absolute atomic E-state index is 0.0530. The molecule has 2 unspecified atom stereocenters. The molecule has 0 aliphatic heterocycles. The number of amides is 2. The summed E-state index contributed by atoms with van der Waals surface area (Å²) in [7, 11) is -4.09. The standard InChI is InChI=1S/C32H41N3O4S/c1-7-25(5)33-32(37)29(8-2)34(21-27-19-17-23(3)18-20-27)31(36)22-35(30-16-12-13-24(4)26(30)6)40(38,39)28-14-10-9-11-15-28/h9-20,25,29H,7-8,21-22H2,1-6H3,(H,33,37). The second-order valence-corrected chi connectivity index (χ2v) is 12.2. The van der Waals surface area contributed by atoms with E-state index in [1.54, 1.807) is 30.3 Å². The van der Waals surface area contributed by atoms with Crippen molar-refractivity contribution in [2.75, 3.05) is 10.8 Å². The molecular formula is C32H41N3O4S. The largest absolute Gasteiger partial charge is 0.352 e. The van der Waals surface area contributed by atoms with E-state index in [1.807, 2.05) is 71.9 Å². The van der Waals surface area contributed by atoms with Crippen molar-refractivity contribution < 1.29 is 18.0 Å². The van der Waals surface area contributed by atoms with Gasteiger partial charge in [-0.15, -0.1) is 0 Å². The number of rotatable bonds is 12. The van der Waals surface area contributed by atoms with Crippen LogP contribution in [0.3, 0.4) is 0 Å². The number of nitrogens with zero attached hydrogens (tertiary/aromatic N) is 2. The summed E-state index contributed by atoms with van der Waals surface area (Å²) in [5.41, 5.74) is 4.05. The summed E-state index contributed by atoms with van der Waals surface area (Å²) in [6.07, 6.45) is 1.14. The summed E-state index contributed by atoms with van der Waals surface area (Å²) < 4.78 is 29.1. The van der Waals surface area contributed by atoms with Crippen LogP contribution in [-0.2, 0) is 26.2 Å². The summed E-state index contributed by atoms with van der Waals surface area (Å²) in [6, 6.07) is 20.5. The third kappa shape index (κ3) is 7.30. The van der Waals surface area contributed by atoms with Crippen molar-refractivity contribution in [1.29, 1.82) is 0 Å². The van der Waals surface area contributed by atoms with Crippen LogP contribution in [0.2, 0.25) is 0 Å². The second-order valence-electron chi connectivity index (χ2n) is 10.3. The molecule has 0 aromatic heterocycles. The van der Waals surface area contributed by atoms with Gasteiger partial charge < -0.3 is 10.2 Å². The lowest BCUT2D eigenvalue weighted by Crippen LogP contribution is -2.53. The maximum atomic E-state index is 14.2. The highest BCUT2D eigenvalue weighted by molar-refractivity contribution is 7.92. The quantitative estimate of drug-likeness (QED) is 0.314. The first-order valence-electron chi connectivity index (χ1n) is 13.8. The minimum Gasteiger partial charge on any atom is -0.352 e. The van der Waals surface area contributed by atoms with E-state index in [0.29, 0.717) is 12.1 Å². The van der Waals surface area contributed by atoms with Gasteiger partial charge in [-0.2, -0.15) is 0 Å². The zero-order chi connectivity index (χ0) is 29.4. The molecule has 0 saturated carbocycles. The molecule has 0 radical (unpaired) electrons. The Bertz CT molecular complexity index is 1410. The molecule has 0 saturated heterocycles. The van der Waals surface area contributed by atoms with Crippen LogP contribution in [0.15, 0.2) is 77.7 Å². The van der Waals surface area contributed by atoms with Gasteiger partial charge in [0.25, 0.3) is 10.0 Å². The number of hydrogen-bond acceptors (Lipinski definition) is 4. The zero-order valence-corrected chi connectivity index (χ0v) is 25.2. The molecular weight excluding hydrogens is 522 g/mol. The van der Waals surface area contributed by atoms with E-state index in [2.05, 4.69) is 5.32 Å². The molecule has 214 valence electrons. The highest BCUT2D eigenvalue weighted by Gasteiger charge is 2.34. The highest BCUT2D eigenvalue weighted by Crippen LogP contribution is 2.29. The van der Waals surface area contributed by atoms with E-state index >= 15 is 0 Å². The number of hydrogen-bond donors (Lipinski definition) is 1. The number of anilines is 1. The fourth-order valence-electron chi connectivity index (χ4n) is 4.49. The Hall–Kier alpha value is -3.65. The van der Waals surface area contributed by atoms with Gasteiger partial charge in [0.15, 0.2) is 0 Å². The van der Waals surface area contributed by atoms with E-state index in [4.69, 9.17) is 0 Å². The zero-order valence-electron chi connectivity index (χ0n) is 24.3. The van der Waals surface area contributed by atoms with Crippen LogP contribution in [-0.4, -0.2) is 43.8 Å². The third-order valence-electron chi connectivity index (χ3n) is 7.32. The average Bonchev–Trinajstić information content (AvgIpc) is 2.94. The van der Waals surface area contributed by atoms with Gasteiger partial charge in [-0.3, -0.25) is 13.9 Å². The van der Waals surface area contributed by atoms with Gasteiger partial charge in [0, 0.05) is 12.6 Å². The average molecular weight is 564 g/mol. The van der Waals surface area contributed by atoms with Crippen LogP contribution in [0.5, 0.6) is 0 Å². The van der Waals surface area contributed by atoms with Crippen LogP contribution in [0.4, 0.5) is 5.69 Å². The Kier molecular flexibility index (Phi) is 10.5. The van der Waals surface area contributed by atoms with Gasteiger partial charge in [0.2, 0.25) is 11.8 Å². The smallest absolute Gasteiger partial charge is 0.264 e. The molecule has 0 fully saturated rings. The van der Waals surface area contributed by atoms with Gasteiger partial charge in [-0.25, -0.2) is 8.42 Å². The number of nitrogens with one attached hydrogen (secondary N) is 1. The Morgan fingerprint density at radius 3 is 2.10 bits per heavy atom. The monoisotopic (exact) mass is 563 g/mol. The van der Waals surface area contributed by atoms with Crippen LogP contribution >= 0.6 is 0 Å². The van der Waals surface area contributed by atoms with Crippen molar-refractivity contribution in [3.05, 3.63) is 95.1 Å². The van der Waals surface area contributed by atoms with E-state index < -0.39 is 28.5 Å². The minimum atomic E-state index is -4.09. The fraction of sp³-hybridized carbons (Fsp3) is 0.375. The van der Waals surface area contributed by atoms with E-state index in [9.17, 15) is 18.0 Å². The Morgan fingerprint density at radius 1 is 0.850 bits per heavy atom. The molecule has 3 aromatic carbocycles. The summed E-state index contributed by atoms with van der Waals surface area (Å²) in [5, 5.41) is 3.00. The fourth-order valence-corrected chi connectivity index (χ4v) is 5.98. The summed E-state index contributed by atoms with van der Waals surface area (Å²) in [6.45, 7) is 11.2. The molecule has 0 bridgehead atoms. The summed E-state index contributed by atoms with van der Waals surface area (Å²) in [4.78, 5) is 29.2. The van der Waals surface area contributed by atoms with Gasteiger partial charge >= 0.3 is 0 Å². The molecule has 0 heterocycles. The SMILES string of the molecule is CCC(C)NC(=O)C(CC)N(Cc1ccc(C)cc1)C(=O)CN(c1cccc(C)c1C)S(=O)(=O)c1ccccc1. The number of aryl methyl sites for hydroxylation is 2. The lowest BCUT2D eigenvalue weighted by atomic mass is 10.1. The van der Waals surface area contributed by atoms with Crippen molar-refractivity contribution >= 4 is 27.5 Å². The van der Waals surface area contributed by atoms with Crippen molar-refractivity contribution in [1.82, 2.24) is 10.2 Å². The van der Waals surface area contributed by atoms with E-state index in [0.717, 1.165) is 28.7 Å². The predicted molar refractivity (Wildman–Crippen MR) is 161 cm³/mol. The molecule has 0 spiro atoms. The topological polar surface area (TPSA) is 86.8 Å². The van der Waals surface area contributed by atoms with Gasteiger partial charge in [-0.05, 0) is 75.4 Å². The number of benzene rings is 3. The summed E-state index contributed by atoms with van der Waals surface area (Å²) in [5.74, 6) is -0.700. The normalized spacial score (nSPS) is 12.8. The lowest BCUT2D eigenvalue weighted by molar-refractivity contribution is -0.140. The van der Waals surface area contributed by atoms with Gasteiger partial charge in [0.1, 0.15) is 12.6 Å². The van der Waals surface area contributed by atoms with Crippen LogP contribution in [0.1, 0.15) is 55.9 Å². The first-order valence-corrected chi connectivity index (χ1v) is 15.2. The van der Waals surface area contributed by atoms with Crippen molar-refractivity contribution in [3.63, 3.8) is 0 Å². The molecule has 0 aliphatic rings. The van der Waals surface area contributed by atoms with Gasteiger partial charge in [0.05, 0.1) is 10.6 Å². The molecule has 2 atom stereocenters. The number of sulfonamides is 1. The lowest BCUT2D eigenvalue weighted by Gasteiger charge is -2.34. The van der Waals surface area contributed by atoms with Gasteiger partial charge in [-0.1, -0.05) is 74.0 Å². The van der Waals surface area contributed by atoms with E-state index in [1.165, 1.54) is 21.3 Å². The maximum absolute atomic E-state index is 14.2. The van der Waals surface area contributed by atoms with Crippen LogP contribution in [0, 0.1) is 20.8 Å². The van der Waals surface area contributed by atoms with E-state index in [-0.39, 0.29) is 23.4 Å². The Labute approximate surface area is 239 Å². The molecule has 3 aromatic rings. The third-order valence-corrected chi connectivity index (χ3v) is 9.09. The first kappa shape index (κ1) is 30.9. The Balaban J connectivity index is 2.08. The van der Waals surface area contributed by atoms with Crippen molar-refractivity contribution in [3.8, 4) is 0 Å². The predicted octanol–water partition coefficient (Wildman–Crippen LogP) is 5.53. The molecule has 0 aliphatic carbocycles. The Morgan fingerprint density at radius 2 is 1.50 bits per heavy atom. The molecule has 40 heavy (non-hydrogen) atoms. The molecule has 7 nitrogen and oxygen atoms in total.